The van der Waals surface area contributed by atoms with Gasteiger partial charge in [-0.3, -0.25) is 9.69 Å². The van der Waals surface area contributed by atoms with Gasteiger partial charge >= 0.3 is 5.97 Å². The number of carbonyl (C=O) groups excluding carboxylic acids is 1. The number of carbonyl (C=O) groups is 1. The van der Waals surface area contributed by atoms with Crippen molar-refractivity contribution in [3.8, 4) is 5.75 Å². The average molecular weight is 275 g/mol. The van der Waals surface area contributed by atoms with Crippen LogP contribution < -0.4 is 4.74 Å². The summed E-state index contributed by atoms with van der Waals surface area (Å²) in [6, 6.07) is 8.18. The van der Waals surface area contributed by atoms with Gasteiger partial charge in [0.1, 0.15) is 11.8 Å². The van der Waals surface area contributed by atoms with E-state index in [0.717, 1.165) is 44.7 Å². The van der Waals surface area contributed by atoms with E-state index in [2.05, 4.69) is 17.0 Å². The summed E-state index contributed by atoms with van der Waals surface area (Å²) in [4.78, 5) is 14.1. The van der Waals surface area contributed by atoms with Crippen molar-refractivity contribution in [3.05, 3.63) is 29.8 Å². The van der Waals surface area contributed by atoms with Gasteiger partial charge in [0.2, 0.25) is 0 Å². The molecule has 1 fully saturated rings. The first kappa shape index (κ1) is 13.4. The predicted octanol–water partition coefficient (Wildman–Crippen LogP) is 2.19. The monoisotopic (exact) mass is 275 g/mol. The topological polar surface area (TPSA) is 38.8 Å². The van der Waals surface area contributed by atoms with Crippen LogP contribution in [0.2, 0.25) is 0 Å². The lowest BCUT2D eigenvalue weighted by Crippen LogP contribution is -2.40. The highest BCUT2D eigenvalue weighted by atomic mass is 16.5. The van der Waals surface area contributed by atoms with Gasteiger partial charge in [-0.2, -0.15) is 0 Å². The molecule has 2 unspecified atom stereocenters. The van der Waals surface area contributed by atoms with Crippen molar-refractivity contribution < 1.29 is 14.3 Å². The smallest absolute Gasteiger partial charge is 0.323 e. The summed E-state index contributed by atoms with van der Waals surface area (Å²) in [7, 11) is 1.47. The number of rotatable bonds is 3. The summed E-state index contributed by atoms with van der Waals surface area (Å²) in [5.41, 5.74) is 1.27. The quantitative estimate of drug-likeness (QED) is 0.793. The average Bonchev–Trinajstić information content (AvgIpc) is 2.95. The van der Waals surface area contributed by atoms with Crippen molar-refractivity contribution in [1.29, 1.82) is 0 Å². The number of methoxy groups -OCH3 is 1. The Kier molecular flexibility index (Phi) is 3.92. The van der Waals surface area contributed by atoms with Crippen LogP contribution in [0.3, 0.4) is 0 Å². The minimum Gasteiger partial charge on any atom is -0.493 e. The fraction of sp³-hybridized carbons (Fsp3) is 0.562. The molecule has 4 heteroatoms. The molecule has 0 bridgehead atoms. The number of para-hydroxylation sites is 1. The minimum atomic E-state index is -0.0946. The van der Waals surface area contributed by atoms with Gasteiger partial charge in [-0.15, -0.1) is 0 Å². The van der Waals surface area contributed by atoms with Crippen molar-refractivity contribution >= 4 is 5.97 Å². The molecular weight excluding hydrogens is 254 g/mol. The van der Waals surface area contributed by atoms with E-state index in [1.807, 2.05) is 12.1 Å². The summed E-state index contributed by atoms with van der Waals surface area (Å²) < 4.78 is 10.6. The van der Waals surface area contributed by atoms with Crippen LogP contribution in [0, 0.1) is 0 Å². The van der Waals surface area contributed by atoms with Gasteiger partial charge in [0.15, 0.2) is 0 Å². The van der Waals surface area contributed by atoms with Gasteiger partial charge in [-0.1, -0.05) is 18.2 Å². The first-order chi connectivity index (χ1) is 9.79. The Morgan fingerprint density at radius 3 is 3.10 bits per heavy atom. The largest absolute Gasteiger partial charge is 0.493 e. The lowest BCUT2D eigenvalue weighted by Gasteiger charge is -2.31. The van der Waals surface area contributed by atoms with E-state index in [0.29, 0.717) is 5.92 Å². The number of fused-ring (bicyclic) bond motifs is 1. The Morgan fingerprint density at radius 2 is 2.25 bits per heavy atom. The van der Waals surface area contributed by atoms with E-state index < -0.39 is 0 Å². The zero-order valence-electron chi connectivity index (χ0n) is 11.9. The summed E-state index contributed by atoms with van der Waals surface area (Å²) in [6.07, 6.45) is 3.00. The second kappa shape index (κ2) is 5.83. The maximum Gasteiger partial charge on any atom is 0.323 e. The van der Waals surface area contributed by atoms with Gasteiger partial charge in [-0.05, 0) is 37.4 Å². The molecule has 2 heterocycles. The number of ether oxygens (including phenoxy) is 2. The molecule has 1 saturated heterocycles. The molecule has 2 aliphatic rings. The van der Waals surface area contributed by atoms with E-state index in [4.69, 9.17) is 9.47 Å². The number of nitrogens with zero attached hydrogens (tertiary/aromatic N) is 1. The van der Waals surface area contributed by atoms with E-state index >= 15 is 0 Å². The highest BCUT2D eigenvalue weighted by Gasteiger charge is 2.34. The Balaban J connectivity index is 1.74. The summed E-state index contributed by atoms with van der Waals surface area (Å²) in [5, 5.41) is 0. The molecule has 0 spiro atoms. The third kappa shape index (κ3) is 2.52. The molecule has 0 aliphatic carbocycles. The Bertz CT molecular complexity index is 488. The van der Waals surface area contributed by atoms with Crippen LogP contribution in [0.5, 0.6) is 5.75 Å². The third-order valence-electron chi connectivity index (χ3n) is 4.37. The van der Waals surface area contributed by atoms with Crippen molar-refractivity contribution in [2.24, 2.45) is 0 Å². The van der Waals surface area contributed by atoms with Crippen LogP contribution in [0.25, 0.3) is 0 Å². The molecule has 0 amide bonds. The number of hydrogen-bond donors (Lipinski definition) is 0. The standard InChI is InChI=1S/C16H21NO3/c1-19-16(18)14-6-4-9-17(14)11-12-8-10-20-15-7-3-2-5-13(12)15/h2-3,5,7,12,14H,4,6,8-11H2,1H3. The highest BCUT2D eigenvalue weighted by molar-refractivity contribution is 5.76. The van der Waals surface area contributed by atoms with Crippen molar-refractivity contribution in [2.45, 2.75) is 31.2 Å². The Hall–Kier alpha value is -1.55. The molecule has 2 atom stereocenters. The highest BCUT2D eigenvalue weighted by Crippen LogP contribution is 2.35. The number of hydrogen-bond acceptors (Lipinski definition) is 4. The molecule has 0 N–H and O–H groups in total. The van der Waals surface area contributed by atoms with E-state index in [1.54, 1.807) is 0 Å². The lowest BCUT2D eigenvalue weighted by molar-refractivity contribution is -0.145. The zero-order valence-corrected chi connectivity index (χ0v) is 11.9. The zero-order chi connectivity index (χ0) is 13.9. The summed E-state index contributed by atoms with van der Waals surface area (Å²) in [5.74, 6) is 1.35. The number of likely N-dealkylation sites (tertiary alicyclic amines) is 1. The summed E-state index contributed by atoms with van der Waals surface area (Å²) >= 11 is 0. The van der Waals surface area contributed by atoms with Crippen LogP contribution >= 0.6 is 0 Å². The molecule has 1 aromatic carbocycles. The SMILES string of the molecule is COC(=O)C1CCCN1CC1CCOc2ccccc21. The molecule has 3 rings (SSSR count). The van der Waals surface area contributed by atoms with Crippen LogP contribution in [-0.2, 0) is 9.53 Å². The van der Waals surface area contributed by atoms with Crippen LogP contribution in [0.4, 0.5) is 0 Å². The Morgan fingerprint density at radius 1 is 1.40 bits per heavy atom. The van der Waals surface area contributed by atoms with E-state index in [-0.39, 0.29) is 12.0 Å². The lowest BCUT2D eigenvalue weighted by atomic mass is 9.92. The molecular formula is C16H21NO3. The Labute approximate surface area is 119 Å². The van der Waals surface area contributed by atoms with Gasteiger partial charge in [0.25, 0.3) is 0 Å². The van der Waals surface area contributed by atoms with Gasteiger partial charge in [-0.25, -0.2) is 0 Å². The maximum absolute atomic E-state index is 11.8. The molecule has 0 saturated carbocycles. The first-order valence-corrected chi connectivity index (χ1v) is 7.33. The van der Waals surface area contributed by atoms with Gasteiger partial charge < -0.3 is 9.47 Å². The predicted molar refractivity (Wildman–Crippen MR) is 75.9 cm³/mol. The molecule has 0 aromatic heterocycles. The maximum atomic E-state index is 11.8. The fourth-order valence-electron chi connectivity index (χ4n) is 3.34. The third-order valence-corrected chi connectivity index (χ3v) is 4.37. The number of esters is 1. The van der Waals surface area contributed by atoms with E-state index in [9.17, 15) is 4.79 Å². The molecule has 20 heavy (non-hydrogen) atoms. The second-order valence-corrected chi connectivity index (χ2v) is 5.55. The van der Waals surface area contributed by atoms with Gasteiger partial charge in [0, 0.05) is 12.5 Å². The van der Waals surface area contributed by atoms with Crippen LogP contribution in [-0.4, -0.2) is 43.7 Å². The van der Waals surface area contributed by atoms with Crippen LogP contribution in [0.1, 0.15) is 30.7 Å². The molecule has 108 valence electrons. The minimum absolute atomic E-state index is 0.0602. The normalized spacial score (nSPS) is 25.9. The van der Waals surface area contributed by atoms with Crippen molar-refractivity contribution in [1.82, 2.24) is 4.90 Å². The fourth-order valence-corrected chi connectivity index (χ4v) is 3.34. The summed E-state index contributed by atoms with van der Waals surface area (Å²) in [6.45, 7) is 2.66. The second-order valence-electron chi connectivity index (χ2n) is 5.55. The van der Waals surface area contributed by atoms with Crippen molar-refractivity contribution in [3.63, 3.8) is 0 Å². The molecule has 4 nitrogen and oxygen atoms in total. The van der Waals surface area contributed by atoms with Crippen molar-refractivity contribution in [2.75, 3.05) is 26.8 Å². The van der Waals surface area contributed by atoms with Crippen LogP contribution in [0.15, 0.2) is 24.3 Å². The van der Waals surface area contributed by atoms with E-state index in [1.165, 1.54) is 12.7 Å². The first-order valence-electron chi connectivity index (χ1n) is 7.33. The molecule has 0 radical (unpaired) electrons. The van der Waals surface area contributed by atoms with Gasteiger partial charge in [0.05, 0.1) is 13.7 Å². The molecule has 1 aromatic rings. The molecule has 2 aliphatic heterocycles. The number of benzene rings is 1.